The summed E-state index contributed by atoms with van der Waals surface area (Å²) in [5.74, 6) is -1.37. The van der Waals surface area contributed by atoms with Gasteiger partial charge in [0.25, 0.3) is 0 Å². The van der Waals surface area contributed by atoms with Gasteiger partial charge in [-0.05, 0) is 12.8 Å². The summed E-state index contributed by atoms with van der Waals surface area (Å²) in [6.45, 7) is -0.242. The van der Waals surface area contributed by atoms with Crippen LogP contribution in [0.25, 0.3) is 0 Å². The molecule has 0 bridgehead atoms. The molecule has 1 saturated carbocycles. The smallest absolute Gasteiger partial charge is 0.334 e. The summed E-state index contributed by atoms with van der Waals surface area (Å²) in [6, 6.07) is -0.314. The second-order valence-corrected chi connectivity index (χ2v) is 3.69. The van der Waals surface area contributed by atoms with Crippen LogP contribution >= 0.6 is 0 Å². The van der Waals surface area contributed by atoms with E-state index in [1.165, 1.54) is 4.90 Å². The minimum absolute atomic E-state index is 0.133. The first kappa shape index (κ1) is 12.7. The van der Waals surface area contributed by atoms with Gasteiger partial charge < -0.3 is 25.5 Å². The summed E-state index contributed by atoms with van der Waals surface area (Å²) in [6.07, 6.45) is 0.197. The van der Waals surface area contributed by atoms with Gasteiger partial charge in [-0.25, -0.2) is 9.59 Å². The maximum atomic E-state index is 11.5. The van der Waals surface area contributed by atoms with Crippen LogP contribution in [0.2, 0.25) is 0 Å². The highest BCUT2D eigenvalue weighted by atomic mass is 16.4. The van der Waals surface area contributed by atoms with Crippen LogP contribution in [0.1, 0.15) is 12.8 Å². The molecule has 7 heteroatoms. The number of hydrogen-bond acceptors (Lipinski definition) is 4. The second-order valence-electron chi connectivity index (χ2n) is 3.69. The van der Waals surface area contributed by atoms with Gasteiger partial charge >= 0.3 is 12.0 Å². The van der Waals surface area contributed by atoms with E-state index in [1.54, 1.807) is 0 Å². The van der Waals surface area contributed by atoms with Crippen LogP contribution < -0.4 is 5.32 Å². The van der Waals surface area contributed by atoms with Crippen LogP contribution in [0.15, 0.2) is 0 Å². The molecule has 1 aliphatic carbocycles. The Morgan fingerprint density at radius 2 is 2.06 bits per heavy atom. The predicted octanol–water partition coefficient (Wildman–Crippen LogP) is -1.40. The first-order chi connectivity index (χ1) is 7.56. The number of hydrogen-bond donors (Lipinski definition) is 4. The molecule has 0 aromatic carbocycles. The largest absolute Gasteiger partial charge is 0.479 e. The molecule has 0 spiro atoms. The molecule has 4 N–H and O–H groups in total. The monoisotopic (exact) mass is 232 g/mol. The Morgan fingerprint density at radius 1 is 1.44 bits per heavy atom. The number of carboxylic acid groups (broad SMARTS) is 1. The van der Waals surface area contributed by atoms with Gasteiger partial charge in [-0.1, -0.05) is 0 Å². The fourth-order valence-corrected chi connectivity index (χ4v) is 1.32. The molecule has 0 saturated heterocycles. The summed E-state index contributed by atoms with van der Waals surface area (Å²) < 4.78 is 0. The number of aliphatic hydroxyl groups is 2. The molecule has 1 rings (SSSR count). The van der Waals surface area contributed by atoms with Crippen LogP contribution in [0.4, 0.5) is 4.79 Å². The Hall–Kier alpha value is -1.34. The number of amides is 2. The molecule has 0 heterocycles. The van der Waals surface area contributed by atoms with Gasteiger partial charge in [-0.3, -0.25) is 0 Å². The highest BCUT2D eigenvalue weighted by molar-refractivity contribution is 5.77. The maximum Gasteiger partial charge on any atom is 0.334 e. The topological polar surface area (TPSA) is 110 Å². The average Bonchev–Trinajstić information content (AvgIpc) is 3.05. The first-order valence-corrected chi connectivity index (χ1v) is 5.12. The third kappa shape index (κ3) is 3.67. The average molecular weight is 232 g/mol. The Balaban J connectivity index is 2.34. The van der Waals surface area contributed by atoms with Gasteiger partial charge in [-0.15, -0.1) is 0 Å². The lowest BCUT2D eigenvalue weighted by Crippen LogP contribution is -2.46. The molecule has 0 aromatic rings. The van der Waals surface area contributed by atoms with E-state index in [-0.39, 0.29) is 25.7 Å². The summed E-state index contributed by atoms with van der Waals surface area (Å²) in [7, 11) is 0. The van der Waals surface area contributed by atoms with Crippen LogP contribution in [-0.2, 0) is 4.79 Å². The molecule has 92 valence electrons. The number of nitrogens with one attached hydrogen (secondary N) is 1. The molecule has 1 fully saturated rings. The third-order valence-corrected chi connectivity index (χ3v) is 2.32. The summed E-state index contributed by atoms with van der Waals surface area (Å²) in [4.78, 5) is 23.3. The first-order valence-electron chi connectivity index (χ1n) is 5.12. The van der Waals surface area contributed by atoms with Crippen molar-refractivity contribution < 1.29 is 24.9 Å². The van der Waals surface area contributed by atoms with Crippen LogP contribution in [-0.4, -0.2) is 64.1 Å². The Kier molecular flexibility index (Phi) is 4.51. The highest BCUT2D eigenvalue weighted by Crippen LogP contribution is 2.26. The van der Waals surface area contributed by atoms with Crippen LogP contribution in [0, 0.1) is 0 Å². The van der Waals surface area contributed by atoms with E-state index in [9.17, 15) is 9.59 Å². The molecular formula is C9H16N2O5. The van der Waals surface area contributed by atoms with E-state index in [4.69, 9.17) is 15.3 Å². The van der Waals surface area contributed by atoms with Crippen molar-refractivity contribution in [1.82, 2.24) is 10.2 Å². The lowest BCUT2D eigenvalue weighted by Gasteiger charge is -2.22. The van der Waals surface area contributed by atoms with Crippen molar-refractivity contribution in [2.45, 2.75) is 25.0 Å². The Labute approximate surface area is 92.7 Å². The molecular weight excluding hydrogens is 216 g/mol. The fourth-order valence-electron chi connectivity index (χ4n) is 1.32. The van der Waals surface area contributed by atoms with Crippen molar-refractivity contribution in [3.63, 3.8) is 0 Å². The van der Waals surface area contributed by atoms with Gasteiger partial charge in [0.2, 0.25) is 0 Å². The van der Waals surface area contributed by atoms with E-state index in [0.717, 1.165) is 12.8 Å². The van der Waals surface area contributed by atoms with Crippen molar-refractivity contribution in [2.24, 2.45) is 0 Å². The number of urea groups is 1. The maximum absolute atomic E-state index is 11.5. The number of aliphatic hydroxyl groups excluding tert-OH is 2. The zero-order chi connectivity index (χ0) is 12.1. The lowest BCUT2D eigenvalue weighted by molar-refractivity contribution is -0.146. The Morgan fingerprint density at radius 3 is 2.50 bits per heavy atom. The number of aliphatic carboxylic acids is 1. The second kappa shape index (κ2) is 5.66. The zero-order valence-electron chi connectivity index (χ0n) is 8.80. The summed E-state index contributed by atoms with van der Waals surface area (Å²) in [5.41, 5.74) is 0. The molecule has 7 nitrogen and oxygen atoms in total. The summed E-state index contributed by atoms with van der Waals surface area (Å²) >= 11 is 0. The van der Waals surface area contributed by atoms with E-state index >= 15 is 0 Å². The molecule has 16 heavy (non-hydrogen) atoms. The number of carboxylic acids is 1. The predicted molar refractivity (Wildman–Crippen MR) is 53.9 cm³/mol. The minimum atomic E-state index is -1.60. The number of carbonyl (C=O) groups excluding carboxylic acids is 1. The fraction of sp³-hybridized carbons (Fsp3) is 0.778. The zero-order valence-corrected chi connectivity index (χ0v) is 8.80. The van der Waals surface area contributed by atoms with E-state index in [1.807, 2.05) is 0 Å². The van der Waals surface area contributed by atoms with E-state index in [0.29, 0.717) is 0 Å². The van der Waals surface area contributed by atoms with E-state index < -0.39 is 18.1 Å². The van der Waals surface area contributed by atoms with Crippen molar-refractivity contribution in [1.29, 1.82) is 0 Å². The highest BCUT2D eigenvalue weighted by Gasteiger charge is 2.32. The summed E-state index contributed by atoms with van der Waals surface area (Å²) in [5, 5.41) is 28.4. The third-order valence-electron chi connectivity index (χ3n) is 2.32. The van der Waals surface area contributed by atoms with Gasteiger partial charge in [-0.2, -0.15) is 0 Å². The van der Waals surface area contributed by atoms with Gasteiger partial charge in [0.15, 0.2) is 6.10 Å². The van der Waals surface area contributed by atoms with Gasteiger partial charge in [0.05, 0.1) is 13.2 Å². The molecule has 0 aliphatic heterocycles. The van der Waals surface area contributed by atoms with Crippen molar-refractivity contribution in [2.75, 3.05) is 19.7 Å². The van der Waals surface area contributed by atoms with Gasteiger partial charge in [0, 0.05) is 12.6 Å². The van der Waals surface area contributed by atoms with Gasteiger partial charge in [0.1, 0.15) is 0 Å². The molecule has 0 unspecified atom stereocenters. The molecule has 0 aromatic heterocycles. The van der Waals surface area contributed by atoms with Crippen LogP contribution in [0.5, 0.6) is 0 Å². The standard InChI is InChI=1S/C9H16N2O5/c12-4-3-11(6-1-2-6)9(16)10-5-7(13)8(14)15/h6-7,12-13H,1-5H2,(H,10,16)(H,14,15)/t7-/m0/s1. The molecule has 0 radical (unpaired) electrons. The molecule has 1 atom stereocenters. The SMILES string of the molecule is O=C(O)[C@@H](O)CNC(=O)N(CCO)C1CC1. The van der Waals surface area contributed by atoms with Crippen molar-refractivity contribution in [3.05, 3.63) is 0 Å². The number of carbonyl (C=O) groups is 2. The number of nitrogens with zero attached hydrogens (tertiary/aromatic N) is 1. The number of rotatable bonds is 6. The van der Waals surface area contributed by atoms with Crippen molar-refractivity contribution in [3.8, 4) is 0 Å². The minimum Gasteiger partial charge on any atom is -0.479 e. The van der Waals surface area contributed by atoms with E-state index in [2.05, 4.69) is 5.32 Å². The van der Waals surface area contributed by atoms with Crippen molar-refractivity contribution >= 4 is 12.0 Å². The normalized spacial score (nSPS) is 16.6. The molecule has 1 aliphatic rings. The van der Waals surface area contributed by atoms with Crippen LogP contribution in [0.3, 0.4) is 0 Å². The Bertz CT molecular complexity index is 267. The lowest BCUT2D eigenvalue weighted by atomic mass is 10.3. The molecule has 2 amide bonds. The quantitative estimate of drug-likeness (QED) is 0.450.